The molecule has 0 N–H and O–H groups in total. The molecule has 0 radical (unpaired) electrons. The first-order valence-corrected chi connectivity index (χ1v) is 17.7. The number of amides is 2. The number of fused-ring (bicyclic) bond motifs is 4. The second-order valence-electron chi connectivity index (χ2n) is 12.4. The second-order valence-corrected chi connectivity index (χ2v) is 13.2. The maximum Gasteiger partial charge on any atom is 0.262 e. The molecule has 10 heteroatoms. The summed E-state index contributed by atoms with van der Waals surface area (Å²) < 4.78 is 12.8. The highest BCUT2D eigenvalue weighted by molar-refractivity contribution is 6.35. The minimum absolute atomic E-state index is 0.157. The Hall–Kier alpha value is -6.74. The smallest absolute Gasteiger partial charge is 0.262 e. The molecule has 260 valence electrons. The summed E-state index contributed by atoms with van der Waals surface area (Å²) in [5.41, 5.74) is 4.53. The zero-order valence-corrected chi connectivity index (χ0v) is 29.7. The largest absolute Gasteiger partial charge is 0.451 e. The SMILES string of the molecule is O=C(c1ccccc1)N(c1ccccc1)c1ccc2c(c1)Oc1c(Cl)c3c(c(Cl)c1=N2)Oc1cc(N(C(=O)c2ccccc2)c2ccccc2)ccc1N=3. The number of carbonyl (C=O) groups is 2. The van der Waals surface area contributed by atoms with E-state index in [1.165, 1.54) is 0 Å². The number of carbonyl (C=O) groups excluding carboxylic acids is 2. The van der Waals surface area contributed by atoms with Crippen molar-refractivity contribution in [1.29, 1.82) is 0 Å². The summed E-state index contributed by atoms with van der Waals surface area (Å²) in [6.45, 7) is 0. The molecular formula is C44H26Cl2N4O4. The van der Waals surface area contributed by atoms with Gasteiger partial charge in [0.05, 0.1) is 11.4 Å². The maximum atomic E-state index is 13.9. The van der Waals surface area contributed by atoms with Gasteiger partial charge >= 0.3 is 0 Å². The summed E-state index contributed by atoms with van der Waals surface area (Å²) in [4.78, 5) is 40.7. The summed E-state index contributed by atoms with van der Waals surface area (Å²) in [7, 11) is 0. The topological polar surface area (TPSA) is 83.8 Å². The van der Waals surface area contributed by atoms with Crippen LogP contribution in [0.25, 0.3) is 0 Å². The number of benzene rings is 7. The average molecular weight is 746 g/mol. The molecule has 2 heterocycles. The van der Waals surface area contributed by atoms with Crippen LogP contribution < -0.4 is 30.0 Å². The second kappa shape index (κ2) is 13.7. The Balaban J connectivity index is 1.10. The van der Waals surface area contributed by atoms with E-state index in [1.807, 2.05) is 97.1 Å². The van der Waals surface area contributed by atoms with Gasteiger partial charge in [0.2, 0.25) is 0 Å². The molecule has 0 spiro atoms. The Morgan fingerprint density at radius 2 is 0.796 bits per heavy atom. The molecule has 7 aromatic carbocycles. The summed E-state index contributed by atoms with van der Waals surface area (Å²) >= 11 is 14.0. The minimum Gasteiger partial charge on any atom is -0.451 e. The number of anilines is 4. The van der Waals surface area contributed by atoms with Crippen LogP contribution in [0.3, 0.4) is 0 Å². The molecular weight excluding hydrogens is 719 g/mol. The maximum absolute atomic E-state index is 13.9. The van der Waals surface area contributed by atoms with Gasteiger partial charge in [-0.3, -0.25) is 19.4 Å². The number of hydrogen-bond acceptors (Lipinski definition) is 6. The van der Waals surface area contributed by atoms with Gasteiger partial charge in [-0.05, 0) is 72.8 Å². The van der Waals surface area contributed by atoms with Crippen LogP contribution in [0.4, 0.5) is 34.1 Å². The summed E-state index contributed by atoms with van der Waals surface area (Å²) in [5, 5.41) is 0.871. The molecule has 7 aromatic rings. The van der Waals surface area contributed by atoms with Crippen LogP contribution >= 0.6 is 23.2 Å². The predicted molar refractivity (Wildman–Crippen MR) is 210 cm³/mol. The Labute approximate surface area is 319 Å². The van der Waals surface area contributed by atoms with Crippen molar-refractivity contribution in [3.63, 3.8) is 0 Å². The van der Waals surface area contributed by atoms with Gasteiger partial charge in [0.1, 0.15) is 32.1 Å². The van der Waals surface area contributed by atoms with Gasteiger partial charge in [-0.15, -0.1) is 0 Å². The van der Waals surface area contributed by atoms with Crippen LogP contribution in [0.5, 0.6) is 23.0 Å². The fourth-order valence-corrected chi connectivity index (χ4v) is 6.95. The van der Waals surface area contributed by atoms with Gasteiger partial charge in [-0.2, -0.15) is 0 Å². The molecule has 0 saturated heterocycles. The quantitative estimate of drug-likeness (QED) is 0.170. The third kappa shape index (κ3) is 5.84. The summed E-state index contributed by atoms with van der Waals surface area (Å²) in [6, 6.07) is 47.5. The van der Waals surface area contributed by atoms with E-state index in [-0.39, 0.29) is 44.1 Å². The summed E-state index contributed by atoms with van der Waals surface area (Å²) in [6.07, 6.45) is 0. The third-order valence-corrected chi connectivity index (χ3v) is 9.71. The van der Waals surface area contributed by atoms with E-state index in [2.05, 4.69) is 0 Å². The number of halogens is 2. The molecule has 0 aromatic heterocycles. The van der Waals surface area contributed by atoms with Crippen molar-refractivity contribution in [2.24, 2.45) is 9.98 Å². The first-order chi connectivity index (χ1) is 26.4. The molecule has 0 fully saturated rings. The molecule has 9 rings (SSSR count). The van der Waals surface area contributed by atoms with Gasteiger partial charge in [0.15, 0.2) is 23.0 Å². The van der Waals surface area contributed by atoms with Crippen LogP contribution in [0, 0.1) is 0 Å². The van der Waals surface area contributed by atoms with E-state index in [4.69, 9.17) is 42.7 Å². The molecule has 2 amide bonds. The average Bonchev–Trinajstić information content (AvgIpc) is 3.23. The van der Waals surface area contributed by atoms with Gasteiger partial charge in [-0.25, -0.2) is 9.98 Å². The fraction of sp³-hybridized carbons (Fsp3) is 0. The number of nitrogens with zero attached hydrogens (tertiary/aromatic N) is 4. The monoisotopic (exact) mass is 744 g/mol. The third-order valence-electron chi connectivity index (χ3n) is 9.01. The minimum atomic E-state index is -0.209. The molecule has 0 saturated carbocycles. The lowest BCUT2D eigenvalue weighted by Crippen LogP contribution is -2.26. The Morgan fingerprint density at radius 1 is 0.444 bits per heavy atom. The molecule has 0 unspecified atom stereocenters. The normalized spacial score (nSPS) is 11.9. The molecule has 8 nitrogen and oxygen atoms in total. The van der Waals surface area contributed by atoms with E-state index < -0.39 is 0 Å². The molecule has 0 aliphatic carbocycles. The molecule has 2 aliphatic heterocycles. The highest BCUT2D eigenvalue weighted by Gasteiger charge is 2.29. The van der Waals surface area contributed by atoms with Crippen molar-refractivity contribution in [2.45, 2.75) is 0 Å². The first kappa shape index (κ1) is 33.1. The Morgan fingerprint density at radius 3 is 1.17 bits per heavy atom. The Bertz CT molecular complexity index is 2540. The van der Waals surface area contributed by atoms with Crippen molar-refractivity contribution in [3.05, 3.63) is 190 Å². The van der Waals surface area contributed by atoms with Crippen LogP contribution in [0.1, 0.15) is 20.7 Å². The van der Waals surface area contributed by atoms with Crippen LogP contribution in [-0.4, -0.2) is 11.8 Å². The molecule has 0 bridgehead atoms. The zero-order chi connectivity index (χ0) is 36.8. The lowest BCUT2D eigenvalue weighted by Gasteiger charge is -2.26. The van der Waals surface area contributed by atoms with E-state index in [9.17, 15) is 9.59 Å². The lowest BCUT2D eigenvalue weighted by atomic mass is 10.1. The van der Waals surface area contributed by atoms with Crippen LogP contribution in [0.2, 0.25) is 10.0 Å². The van der Waals surface area contributed by atoms with E-state index >= 15 is 0 Å². The number of hydrogen-bond donors (Lipinski definition) is 0. The van der Waals surface area contributed by atoms with Crippen molar-refractivity contribution >= 4 is 69.1 Å². The summed E-state index contributed by atoms with van der Waals surface area (Å²) in [5.74, 6) is 0.762. The van der Waals surface area contributed by atoms with Gasteiger partial charge in [-0.1, -0.05) is 96.0 Å². The van der Waals surface area contributed by atoms with Crippen molar-refractivity contribution in [2.75, 3.05) is 9.80 Å². The predicted octanol–water partition coefficient (Wildman–Crippen LogP) is 11.1. The molecule has 54 heavy (non-hydrogen) atoms. The van der Waals surface area contributed by atoms with Crippen LogP contribution in [0.15, 0.2) is 168 Å². The van der Waals surface area contributed by atoms with Gasteiger partial charge in [0.25, 0.3) is 11.8 Å². The van der Waals surface area contributed by atoms with Gasteiger partial charge < -0.3 is 9.47 Å². The van der Waals surface area contributed by atoms with Crippen molar-refractivity contribution < 1.29 is 19.1 Å². The standard InChI is InChI=1S/C44H26Cl2N4O4/c45-37-40-42(54-36-26-32(22-24-34(36)48-40)50(30-19-11-4-12-20-30)44(52)28-15-7-2-8-16-28)38(46)39-41(37)53-35-25-31(21-23-33(35)47-39)49(29-17-9-3-10-18-29)43(51)27-13-5-1-6-14-27/h1-26H. The highest BCUT2D eigenvalue weighted by Crippen LogP contribution is 2.45. The highest BCUT2D eigenvalue weighted by atomic mass is 35.5. The number of para-hydroxylation sites is 2. The van der Waals surface area contributed by atoms with E-state index in [0.29, 0.717) is 56.8 Å². The van der Waals surface area contributed by atoms with E-state index in [0.717, 1.165) is 0 Å². The molecule has 0 atom stereocenters. The van der Waals surface area contributed by atoms with Crippen molar-refractivity contribution in [1.82, 2.24) is 0 Å². The lowest BCUT2D eigenvalue weighted by molar-refractivity contribution is 0.0991. The number of ether oxygens (including phenoxy) is 2. The van der Waals surface area contributed by atoms with E-state index in [1.54, 1.807) is 70.5 Å². The zero-order valence-electron chi connectivity index (χ0n) is 28.2. The molecule has 2 aliphatic rings. The van der Waals surface area contributed by atoms with Crippen molar-refractivity contribution in [3.8, 4) is 23.0 Å². The first-order valence-electron chi connectivity index (χ1n) is 17.0. The Kier molecular flexibility index (Phi) is 8.38. The fourth-order valence-electron chi connectivity index (χ4n) is 6.44. The van der Waals surface area contributed by atoms with Crippen LogP contribution in [-0.2, 0) is 0 Å². The number of rotatable bonds is 6. The van der Waals surface area contributed by atoms with Gasteiger partial charge in [0, 0.05) is 34.6 Å².